The Morgan fingerprint density at radius 1 is 1.10 bits per heavy atom. The van der Waals surface area contributed by atoms with E-state index in [1.165, 1.54) is 31.5 Å². The molecule has 0 fully saturated rings. The first kappa shape index (κ1) is 21.7. The van der Waals surface area contributed by atoms with Crippen LogP contribution in [0.4, 0.5) is 0 Å². The van der Waals surface area contributed by atoms with E-state index in [1.807, 2.05) is 30.0 Å². The highest BCUT2D eigenvalue weighted by Gasteiger charge is 2.00. The summed E-state index contributed by atoms with van der Waals surface area (Å²) in [6.45, 7) is 14.3. The lowest BCUT2D eigenvalue weighted by Crippen LogP contribution is -2.27. The van der Waals surface area contributed by atoms with Crippen molar-refractivity contribution in [1.29, 1.82) is 0 Å². The molecule has 0 bridgehead atoms. The van der Waals surface area contributed by atoms with E-state index in [4.69, 9.17) is 0 Å². The maximum atomic E-state index is 4.50. The number of hydrogen-bond acceptors (Lipinski definition) is 4. The van der Waals surface area contributed by atoms with E-state index in [0.717, 1.165) is 18.8 Å². The fourth-order valence-electron chi connectivity index (χ4n) is 1.49. The zero-order chi connectivity index (χ0) is 15.8. The molecule has 0 aliphatic rings. The molecule has 0 rings (SSSR count). The lowest BCUT2D eigenvalue weighted by atomic mass is 10.3. The maximum Gasteiger partial charge on any atom is 0.0108 e. The summed E-state index contributed by atoms with van der Waals surface area (Å²) < 4.78 is 0. The van der Waals surface area contributed by atoms with Crippen LogP contribution in [0.3, 0.4) is 0 Å². The van der Waals surface area contributed by atoms with E-state index in [9.17, 15) is 0 Å². The quantitative estimate of drug-likeness (QED) is 0.595. The smallest absolute Gasteiger partial charge is 0.0108 e. The predicted molar refractivity (Wildman–Crippen MR) is 96.3 cm³/mol. The van der Waals surface area contributed by atoms with Gasteiger partial charge in [0, 0.05) is 17.2 Å². The number of allylic oxidation sites excluding steroid dienone is 3. The highest BCUT2D eigenvalue weighted by Crippen LogP contribution is 2.16. The zero-order valence-corrected chi connectivity index (χ0v) is 14.6. The highest BCUT2D eigenvalue weighted by atomic mass is 32.2. The van der Waals surface area contributed by atoms with Crippen molar-refractivity contribution in [2.24, 2.45) is 5.73 Å². The molecule has 0 radical (unpaired) electrons. The van der Waals surface area contributed by atoms with E-state index in [-0.39, 0.29) is 0 Å². The average molecular weight is 300 g/mol. The predicted octanol–water partition coefficient (Wildman–Crippen LogP) is 2.82. The van der Waals surface area contributed by atoms with Crippen LogP contribution in [0.2, 0.25) is 0 Å². The second-order valence-electron chi connectivity index (χ2n) is 4.41. The van der Waals surface area contributed by atoms with E-state index in [1.54, 1.807) is 0 Å². The van der Waals surface area contributed by atoms with Gasteiger partial charge in [0.2, 0.25) is 0 Å². The maximum absolute atomic E-state index is 4.50. The van der Waals surface area contributed by atoms with E-state index >= 15 is 0 Å². The molecule has 0 aromatic carbocycles. The molecular weight excluding hydrogens is 266 g/mol. The van der Waals surface area contributed by atoms with Gasteiger partial charge in [-0.2, -0.15) is 0 Å². The van der Waals surface area contributed by atoms with E-state index in [2.05, 4.69) is 49.7 Å². The number of thioether (sulfide) groups is 1. The van der Waals surface area contributed by atoms with Crippen molar-refractivity contribution >= 4 is 11.8 Å². The number of hydrogen-bond donors (Lipinski definition) is 1. The third-order valence-electron chi connectivity index (χ3n) is 2.84. The van der Waals surface area contributed by atoms with Crippen molar-refractivity contribution in [3.05, 3.63) is 36.3 Å². The summed E-state index contributed by atoms with van der Waals surface area (Å²) in [5, 5.41) is 0. The summed E-state index contributed by atoms with van der Waals surface area (Å²) in [5.41, 5.74) is 4.50. The fourth-order valence-corrected chi connectivity index (χ4v) is 2.44. The first-order chi connectivity index (χ1) is 9.63. The van der Waals surface area contributed by atoms with Gasteiger partial charge in [0.1, 0.15) is 0 Å². The lowest BCUT2D eigenvalue weighted by molar-refractivity contribution is 0.294. The third-order valence-corrected chi connectivity index (χ3v) is 3.87. The molecule has 0 aliphatic heterocycles. The molecule has 0 heterocycles. The molecule has 0 aromatic heterocycles. The standard InChI is InChI=1S/C15H28N2S.CH5N/c1-6-10-15(7-2)18-14-13-17(5)12-9-11-16(4)8-3;1-2/h6-7,10H,1-2,8-9,11-14H2,3-5H3;2H2,1H3/b15-10+;. The number of nitrogens with zero attached hydrogens (tertiary/aromatic N) is 2. The van der Waals surface area contributed by atoms with Gasteiger partial charge < -0.3 is 15.5 Å². The minimum Gasteiger partial charge on any atom is -0.333 e. The number of nitrogens with two attached hydrogens (primary N) is 1. The molecular formula is C16H33N3S. The SMILES string of the molecule is C=C/C=C(\C=C)SCCN(C)CCCN(C)CC.CN. The Labute approximate surface area is 130 Å². The van der Waals surface area contributed by atoms with Crippen LogP contribution in [-0.2, 0) is 0 Å². The lowest BCUT2D eigenvalue weighted by Gasteiger charge is -2.19. The molecule has 0 aromatic rings. The summed E-state index contributed by atoms with van der Waals surface area (Å²) in [7, 11) is 5.86. The van der Waals surface area contributed by atoms with Gasteiger partial charge in [-0.05, 0) is 53.3 Å². The first-order valence-electron chi connectivity index (χ1n) is 7.16. The Morgan fingerprint density at radius 3 is 2.20 bits per heavy atom. The Morgan fingerprint density at radius 2 is 1.70 bits per heavy atom. The van der Waals surface area contributed by atoms with Gasteiger partial charge >= 0.3 is 0 Å². The Balaban J connectivity index is 0. The summed E-state index contributed by atoms with van der Waals surface area (Å²) in [4.78, 5) is 5.94. The molecule has 3 nitrogen and oxygen atoms in total. The van der Waals surface area contributed by atoms with Crippen LogP contribution in [0.1, 0.15) is 13.3 Å². The molecule has 0 unspecified atom stereocenters. The van der Waals surface area contributed by atoms with Gasteiger partial charge in [0.15, 0.2) is 0 Å². The van der Waals surface area contributed by atoms with Gasteiger partial charge in [-0.25, -0.2) is 0 Å². The normalized spacial score (nSPS) is 11.2. The molecule has 0 spiro atoms. The van der Waals surface area contributed by atoms with Gasteiger partial charge in [-0.3, -0.25) is 0 Å². The highest BCUT2D eigenvalue weighted by molar-refractivity contribution is 8.03. The second-order valence-corrected chi connectivity index (χ2v) is 5.58. The minimum absolute atomic E-state index is 1.10. The monoisotopic (exact) mass is 299 g/mol. The van der Waals surface area contributed by atoms with Crippen LogP contribution in [-0.4, -0.2) is 62.9 Å². The van der Waals surface area contributed by atoms with Gasteiger partial charge in [-0.1, -0.05) is 32.2 Å². The number of rotatable bonds is 11. The zero-order valence-electron chi connectivity index (χ0n) is 13.8. The van der Waals surface area contributed by atoms with Crippen LogP contribution in [0.15, 0.2) is 36.3 Å². The largest absolute Gasteiger partial charge is 0.333 e. The van der Waals surface area contributed by atoms with Crippen molar-refractivity contribution in [2.75, 3.05) is 53.1 Å². The minimum atomic E-state index is 1.10. The molecule has 20 heavy (non-hydrogen) atoms. The average Bonchev–Trinajstić information content (AvgIpc) is 2.48. The summed E-state index contributed by atoms with van der Waals surface area (Å²) >= 11 is 1.84. The second kappa shape index (κ2) is 16.5. The van der Waals surface area contributed by atoms with E-state index in [0.29, 0.717) is 0 Å². The van der Waals surface area contributed by atoms with Crippen LogP contribution in [0.25, 0.3) is 0 Å². The third kappa shape index (κ3) is 13.9. The van der Waals surface area contributed by atoms with Crippen molar-refractivity contribution in [3.8, 4) is 0 Å². The summed E-state index contributed by atoms with van der Waals surface area (Å²) in [6.07, 6.45) is 6.95. The molecule has 0 atom stereocenters. The Kier molecular flexibility index (Phi) is 17.9. The van der Waals surface area contributed by atoms with Crippen molar-refractivity contribution < 1.29 is 0 Å². The van der Waals surface area contributed by atoms with E-state index < -0.39 is 0 Å². The van der Waals surface area contributed by atoms with Gasteiger partial charge in [-0.15, -0.1) is 11.8 Å². The van der Waals surface area contributed by atoms with Crippen LogP contribution >= 0.6 is 11.8 Å². The van der Waals surface area contributed by atoms with Gasteiger partial charge in [0.25, 0.3) is 0 Å². The van der Waals surface area contributed by atoms with Crippen molar-refractivity contribution in [3.63, 3.8) is 0 Å². The molecule has 0 aliphatic carbocycles. The molecule has 0 saturated carbocycles. The Bertz CT molecular complexity index is 264. The van der Waals surface area contributed by atoms with Crippen LogP contribution < -0.4 is 5.73 Å². The molecule has 2 N–H and O–H groups in total. The summed E-state index contributed by atoms with van der Waals surface area (Å²) in [6, 6.07) is 0. The van der Waals surface area contributed by atoms with Gasteiger partial charge in [0.05, 0.1) is 0 Å². The Hall–Kier alpha value is -0.550. The van der Waals surface area contributed by atoms with Crippen molar-refractivity contribution in [2.45, 2.75) is 13.3 Å². The summed E-state index contributed by atoms with van der Waals surface area (Å²) in [5.74, 6) is 1.10. The molecule has 118 valence electrons. The topological polar surface area (TPSA) is 32.5 Å². The molecule has 0 saturated heterocycles. The molecule has 0 amide bonds. The molecule has 4 heteroatoms. The first-order valence-corrected chi connectivity index (χ1v) is 8.15. The van der Waals surface area contributed by atoms with Crippen LogP contribution in [0.5, 0.6) is 0 Å². The fraction of sp³-hybridized carbons (Fsp3) is 0.625. The van der Waals surface area contributed by atoms with Crippen LogP contribution in [0, 0.1) is 0 Å². The van der Waals surface area contributed by atoms with Crippen molar-refractivity contribution in [1.82, 2.24) is 9.80 Å².